The predicted octanol–water partition coefficient (Wildman–Crippen LogP) is 4.20. The second-order valence-corrected chi connectivity index (χ2v) is 11.3. The number of benzene rings is 1. The van der Waals surface area contributed by atoms with Crippen LogP contribution in [0.4, 0.5) is 24.8 Å². The molecule has 4 aromatic rings. The standard InChI is InChI=1S/C29H29ClF3N9O2/c30-22-4-3-21(27(32)33)25(26(22)31)23-11-34-12-24(39-23)28(44)38-18-10-37-41(14-18)13-17-8-35-29(36-9-17)42-6-1-2-19(42)15-40-7-5-20(43)16-40/h3-4,8-12,14,19-20,27,43H,1-2,5-7,13,15-16H2,(H,38,44). The maximum absolute atomic E-state index is 14.7. The van der Waals surface area contributed by atoms with Gasteiger partial charge < -0.3 is 15.3 Å². The van der Waals surface area contributed by atoms with Gasteiger partial charge in [-0.25, -0.2) is 28.1 Å². The Hall–Kier alpha value is -4.14. The number of β-amino-alcohol motifs (C(OH)–C–C–N with tert-alkyl or cyclic N) is 1. The molecule has 0 saturated carbocycles. The number of aliphatic hydroxyl groups excluding tert-OH is 1. The Labute approximate surface area is 255 Å². The molecular formula is C29H29ClF3N9O2. The molecule has 1 aromatic carbocycles. The van der Waals surface area contributed by atoms with Crippen LogP contribution < -0.4 is 10.2 Å². The molecule has 1 amide bonds. The zero-order chi connectivity index (χ0) is 30.8. The summed E-state index contributed by atoms with van der Waals surface area (Å²) in [4.78, 5) is 34.6. The van der Waals surface area contributed by atoms with E-state index in [0.717, 1.165) is 69.0 Å². The van der Waals surface area contributed by atoms with Gasteiger partial charge in [-0.2, -0.15) is 5.10 Å². The summed E-state index contributed by atoms with van der Waals surface area (Å²) in [7, 11) is 0. The van der Waals surface area contributed by atoms with Gasteiger partial charge in [-0.15, -0.1) is 0 Å². The molecule has 2 aliphatic rings. The normalized spacial score (nSPS) is 18.8. The summed E-state index contributed by atoms with van der Waals surface area (Å²) in [6, 6.07) is 2.36. The van der Waals surface area contributed by atoms with E-state index < -0.39 is 29.3 Å². The van der Waals surface area contributed by atoms with E-state index in [9.17, 15) is 23.1 Å². The van der Waals surface area contributed by atoms with Crippen molar-refractivity contribution in [3.8, 4) is 11.3 Å². The van der Waals surface area contributed by atoms with Crippen molar-refractivity contribution in [1.82, 2.24) is 34.6 Å². The molecule has 5 heterocycles. The third kappa shape index (κ3) is 6.51. The number of carbonyl (C=O) groups is 1. The van der Waals surface area contributed by atoms with Crippen LogP contribution in [0.5, 0.6) is 0 Å². The van der Waals surface area contributed by atoms with E-state index in [1.165, 1.54) is 6.20 Å². The van der Waals surface area contributed by atoms with Crippen molar-refractivity contribution in [2.24, 2.45) is 0 Å². The first-order valence-electron chi connectivity index (χ1n) is 14.2. The molecule has 6 rings (SSSR count). The molecule has 2 fully saturated rings. The first-order chi connectivity index (χ1) is 21.2. The highest BCUT2D eigenvalue weighted by molar-refractivity contribution is 6.31. The van der Waals surface area contributed by atoms with E-state index >= 15 is 0 Å². The topological polar surface area (TPSA) is 125 Å². The fraction of sp³-hybridized carbons (Fsp3) is 0.379. The van der Waals surface area contributed by atoms with Crippen LogP contribution in [0.2, 0.25) is 5.02 Å². The Morgan fingerprint density at radius 1 is 1.11 bits per heavy atom. The summed E-state index contributed by atoms with van der Waals surface area (Å²) < 4.78 is 43.4. The molecule has 2 unspecified atom stereocenters. The highest BCUT2D eigenvalue weighted by Gasteiger charge is 2.31. The minimum Gasteiger partial charge on any atom is -0.392 e. The van der Waals surface area contributed by atoms with Gasteiger partial charge in [0.05, 0.1) is 47.6 Å². The summed E-state index contributed by atoms with van der Waals surface area (Å²) in [5.74, 6) is -1.08. The van der Waals surface area contributed by atoms with Gasteiger partial charge in [0, 0.05) is 67.5 Å². The highest BCUT2D eigenvalue weighted by Crippen LogP contribution is 2.35. The van der Waals surface area contributed by atoms with Gasteiger partial charge in [-0.1, -0.05) is 17.7 Å². The number of rotatable bonds is 9. The maximum Gasteiger partial charge on any atom is 0.275 e. The van der Waals surface area contributed by atoms with Gasteiger partial charge in [0.25, 0.3) is 12.3 Å². The van der Waals surface area contributed by atoms with Crippen LogP contribution in [0.3, 0.4) is 0 Å². The summed E-state index contributed by atoms with van der Waals surface area (Å²) >= 11 is 5.81. The van der Waals surface area contributed by atoms with Crippen LogP contribution in [0.15, 0.2) is 49.3 Å². The van der Waals surface area contributed by atoms with E-state index in [0.29, 0.717) is 30.8 Å². The number of hydrogen-bond donors (Lipinski definition) is 2. The molecular weight excluding hydrogens is 599 g/mol. The summed E-state index contributed by atoms with van der Waals surface area (Å²) in [6.45, 7) is 3.74. The Kier molecular flexibility index (Phi) is 8.73. The monoisotopic (exact) mass is 627 g/mol. The number of carbonyl (C=O) groups excluding carboxylic acids is 1. The Morgan fingerprint density at radius 2 is 1.93 bits per heavy atom. The zero-order valence-electron chi connectivity index (χ0n) is 23.5. The SMILES string of the molecule is O=C(Nc1cnn(Cc2cnc(N3CCCC3CN3CCC(O)C3)nc2)c1)c1cncc(-c2c(C(F)F)ccc(Cl)c2F)n1. The van der Waals surface area contributed by atoms with Gasteiger partial charge in [0.1, 0.15) is 5.69 Å². The van der Waals surface area contributed by atoms with Crippen molar-refractivity contribution in [2.75, 3.05) is 36.4 Å². The quantitative estimate of drug-likeness (QED) is 0.281. The molecule has 15 heteroatoms. The van der Waals surface area contributed by atoms with E-state index in [1.54, 1.807) is 23.3 Å². The van der Waals surface area contributed by atoms with Crippen molar-refractivity contribution in [3.05, 3.63) is 77.0 Å². The fourth-order valence-electron chi connectivity index (χ4n) is 5.64. The molecule has 2 aliphatic heterocycles. The van der Waals surface area contributed by atoms with Gasteiger partial charge in [-0.05, 0) is 25.3 Å². The van der Waals surface area contributed by atoms with E-state index in [2.05, 4.69) is 40.2 Å². The second-order valence-electron chi connectivity index (χ2n) is 10.9. The third-order valence-corrected chi connectivity index (χ3v) is 8.06. The average Bonchev–Trinajstić information content (AvgIpc) is 3.77. The molecule has 3 aromatic heterocycles. The van der Waals surface area contributed by atoms with E-state index in [1.807, 2.05) is 0 Å². The number of alkyl halides is 2. The minimum absolute atomic E-state index is 0.208. The molecule has 11 nitrogen and oxygen atoms in total. The molecule has 0 spiro atoms. The largest absolute Gasteiger partial charge is 0.392 e. The second kappa shape index (κ2) is 12.8. The molecule has 0 radical (unpaired) electrons. The van der Waals surface area contributed by atoms with Crippen LogP contribution in [0.1, 0.15) is 47.3 Å². The van der Waals surface area contributed by atoms with E-state index in [-0.39, 0.29) is 22.5 Å². The molecule has 44 heavy (non-hydrogen) atoms. The zero-order valence-corrected chi connectivity index (χ0v) is 24.2. The fourth-order valence-corrected chi connectivity index (χ4v) is 5.80. The van der Waals surface area contributed by atoms with Gasteiger partial charge in [0.15, 0.2) is 5.82 Å². The Morgan fingerprint density at radius 3 is 2.68 bits per heavy atom. The maximum atomic E-state index is 14.7. The molecule has 2 N–H and O–H groups in total. The molecule has 0 bridgehead atoms. The van der Waals surface area contributed by atoms with Crippen LogP contribution >= 0.6 is 11.6 Å². The van der Waals surface area contributed by atoms with Crippen molar-refractivity contribution in [2.45, 2.75) is 44.4 Å². The van der Waals surface area contributed by atoms with Gasteiger partial charge in [0.2, 0.25) is 5.95 Å². The smallest absolute Gasteiger partial charge is 0.275 e. The number of hydrogen-bond acceptors (Lipinski definition) is 9. The minimum atomic E-state index is -2.99. The number of anilines is 2. The lowest BCUT2D eigenvalue weighted by atomic mass is 10.0. The lowest BCUT2D eigenvalue weighted by Gasteiger charge is -2.28. The summed E-state index contributed by atoms with van der Waals surface area (Å²) in [6.07, 6.45) is 8.49. The first-order valence-corrected chi connectivity index (χ1v) is 14.5. The number of aliphatic hydroxyl groups is 1. The number of halogens is 4. The lowest BCUT2D eigenvalue weighted by Crippen LogP contribution is -2.40. The first kappa shape index (κ1) is 29.9. The molecule has 2 atom stereocenters. The van der Waals surface area contributed by atoms with Crippen molar-refractivity contribution in [1.29, 1.82) is 0 Å². The lowest BCUT2D eigenvalue weighted by molar-refractivity contribution is 0.102. The molecule has 230 valence electrons. The number of likely N-dealkylation sites (tertiary alicyclic amines) is 1. The van der Waals surface area contributed by atoms with Crippen LogP contribution in [-0.4, -0.2) is 84.0 Å². The van der Waals surface area contributed by atoms with Crippen LogP contribution in [0.25, 0.3) is 11.3 Å². The van der Waals surface area contributed by atoms with Crippen molar-refractivity contribution in [3.63, 3.8) is 0 Å². The third-order valence-electron chi connectivity index (χ3n) is 7.76. The molecule has 2 saturated heterocycles. The van der Waals surface area contributed by atoms with Crippen molar-refractivity contribution < 1.29 is 23.1 Å². The predicted molar refractivity (Wildman–Crippen MR) is 156 cm³/mol. The number of nitrogens with zero attached hydrogens (tertiary/aromatic N) is 8. The summed E-state index contributed by atoms with van der Waals surface area (Å²) in [5.41, 5.74) is -0.413. The molecule has 0 aliphatic carbocycles. The van der Waals surface area contributed by atoms with Gasteiger partial charge in [-0.3, -0.25) is 19.4 Å². The Balaban J connectivity index is 1.09. The summed E-state index contributed by atoms with van der Waals surface area (Å²) in [5, 5.41) is 16.4. The van der Waals surface area contributed by atoms with Crippen LogP contribution in [-0.2, 0) is 6.54 Å². The van der Waals surface area contributed by atoms with Crippen LogP contribution in [0, 0.1) is 5.82 Å². The Bertz CT molecular complexity index is 1640. The van der Waals surface area contributed by atoms with Gasteiger partial charge >= 0.3 is 0 Å². The number of amides is 1. The van der Waals surface area contributed by atoms with Crippen molar-refractivity contribution >= 4 is 29.1 Å². The highest BCUT2D eigenvalue weighted by atomic mass is 35.5. The number of aromatic nitrogens is 6. The van der Waals surface area contributed by atoms with E-state index in [4.69, 9.17) is 11.6 Å². The number of nitrogens with one attached hydrogen (secondary N) is 1. The average molecular weight is 628 g/mol.